The molecule has 0 amide bonds. The zero-order chi connectivity index (χ0) is 13.7. The summed E-state index contributed by atoms with van der Waals surface area (Å²) in [4.78, 5) is 11.2. The molecule has 0 saturated heterocycles. The van der Waals surface area contributed by atoms with Crippen molar-refractivity contribution < 1.29 is 0 Å². The van der Waals surface area contributed by atoms with Gasteiger partial charge in [-0.15, -0.1) is 0 Å². The molecule has 106 valence electrons. The standard InChI is InChI=1S/C13H24N6/c1-3-4-11-16-12(9-13(17-11)18-14)15-7-8-19(2)10-5-6-10/h9-10H,3-8,14H2,1-2H3,(H2,15,16,17,18). The van der Waals surface area contributed by atoms with Gasteiger partial charge in [0.05, 0.1) is 0 Å². The highest BCUT2D eigenvalue weighted by Gasteiger charge is 2.25. The summed E-state index contributed by atoms with van der Waals surface area (Å²) < 4.78 is 0. The maximum Gasteiger partial charge on any atom is 0.145 e. The number of hydrazine groups is 1. The van der Waals surface area contributed by atoms with Crippen molar-refractivity contribution in [3.63, 3.8) is 0 Å². The molecule has 4 N–H and O–H groups in total. The average Bonchev–Trinajstić information content (AvgIpc) is 3.23. The fraction of sp³-hybridized carbons (Fsp3) is 0.692. The van der Waals surface area contributed by atoms with Crippen LogP contribution in [0, 0.1) is 0 Å². The van der Waals surface area contributed by atoms with Crippen molar-refractivity contribution in [3.8, 4) is 0 Å². The van der Waals surface area contributed by atoms with Gasteiger partial charge in [-0.2, -0.15) is 0 Å². The summed E-state index contributed by atoms with van der Waals surface area (Å²) >= 11 is 0. The second-order valence-electron chi connectivity index (χ2n) is 5.09. The summed E-state index contributed by atoms with van der Waals surface area (Å²) in [5.41, 5.74) is 2.59. The fourth-order valence-electron chi connectivity index (χ4n) is 2.06. The largest absolute Gasteiger partial charge is 0.369 e. The maximum absolute atomic E-state index is 5.43. The lowest BCUT2D eigenvalue weighted by Gasteiger charge is -2.16. The number of nitrogen functional groups attached to an aromatic ring is 1. The van der Waals surface area contributed by atoms with Crippen molar-refractivity contribution in [2.45, 2.75) is 38.6 Å². The van der Waals surface area contributed by atoms with E-state index < -0.39 is 0 Å². The molecule has 1 heterocycles. The lowest BCUT2D eigenvalue weighted by atomic mass is 10.3. The number of likely N-dealkylation sites (N-methyl/N-ethyl adjacent to an activating group) is 1. The van der Waals surface area contributed by atoms with E-state index in [4.69, 9.17) is 5.84 Å². The number of hydrogen-bond donors (Lipinski definition) is 3. The van der Waals surface area contributed by atoms with E-state index in [1.54, 1.807) is 0 Å². The molecule has 0 aromatic carbocycles. The van der Waals surface area contributed by atoms with Crippen LogP contribution in [0.15, 0.2) is 6.07 Å². The van der Waals surface area contributed by atoms with Gasteiger partial charge in [-0.3, -0.25) is 0 Å². The van der Waals surface area contributed by atoms with Gasteiger partial charge < -0.3 is 15.6 Å². The van der Waals surface area contributed by atoms with E-state index in [9.17, 15) is 0 Å². The SMILES string of the molecule is CCCc1nc(NN)cc(NCCN(C)C2CC2)n1. The molecule has 0 atom stereocenters. The number of anilines is 2. The Kier molecular flexibility index (Phi) is 4.93. The second kappa shape index (κ2) is 6.68. The van der Waals surface area contributed by atoms with Gasteiger partial charge in [-0.1, -0.05) is 6.92 Å². The van der Waals surface area contributed by atoms with Crippen LogP contribution < -0.4 is 16.6 Å². The smallest absolute Gasteiger partial charge is 0.145 e. The van der Waals surface area contributed by atoms with E-state index in [0.29, 0.717) is 5.82 Å². The predicted octanol–water partition coefficient (Wildman–Crippen LogP) is 1.22. The van der Waals surface area contributed by atoms with Gasteiger partial charge in [-0.05, 0) is 26.3 Å². The Balaban J connectivity index is 1.88. The molecule has 1 saturated carbocycles. The zero-order valence-corrected chi connectivity index (χ0v) is 11.8. The summed E-state index contributed by atoms with van der Waals surface area (Å²) in [6.07, 6.45) is 4.57. The number of nitrogens with two attached hydrogens (primary N) is 1. The van der Waals surface area contributed by atoms with Crippen LogP contribution in [0.5, 0.6) is 0 Å². The van der Waals surface area contributed by atoms with Crippen molar-refractivity contribution in [2.24, 2.45) is 5.84 Å². The number of nitrogens with one attached hydrogen (secondary N) is 2. The van der Waals surface area contributed by atoms with E-state index in [1.807, 2.05) is 6.07 Å². The van der Waals surface area contributed by atoms with Crippen molar-refractivity contribution in [2.75, 3.05) is 30.9 Å². The van der Waals surface area contributed by atoms with Gasteiger partial charge in [0, 0.05) is 31.6 Å². The first-order chi connectivity index (χ1) is 9.22. The van der Waals surface area contributed by atoms with Crippen LogP contribution in [0.4, 0.5) is 11.6 Å². The molecule has 0 radical (unpaired) electrons. The lowest BCUT2D eigenvalue weighted by Crippen LogP contribution is -2.27. The molecular formula is C13H24N6. The lowest BCUT2D eigenvalue weighted by molar-refractivity contribution is 0.337. The minimum atomic E-state index is 0.663. The molecule has 1 aliphatic rings. The summed E-state index contributed by atoms with van der Waals surface area (Å²) in [5.74, 6) is 7.77. The third-order valence-corrected chi connectivity index (χ3v) is 3.33. The number of aromatic nitrogens is 2. The maximum atomic E-state index is 5.43. The van der Waals surface area contributed by atoms with E-state index >= 15 is 0 Å². The Morgan fingerprint density at radius 3 is 2.74 bits per heavy atom. The summed E-state index contributed by atoms with van der Waals surface area (Å²) in [5, 5.41) is 3.34. The van der Waals surface area contributed by atoms with Gasteiger partial charge in [-0.25, -0.2) is 15.8 Å². The fourth-order valence-corrected chi connectivity index (χ4v) is 2.06. The highest BCUT2D eigenvalue weighted by Crippen LogP contribution is 2.24. The van der Waals surface area contributed by atoms with Crippen LogP contribution >= 0.6 is 0 Å². The molecule has 0 unspecified atom stereocenters. The second-order valence-corrected chi connectivity index (χ2v) is 5.09. The molecular weight excluding hydrogens is 240 g/mol. The molecule has 1 fully saturated rings. The van der Waals surface area contributed by atoms with E-state index in [0.717, 1.165) is 43.6 Å². The first-order valence-electron chi connectivity index (χ1n) is 7.01. The van der Waals surface area contributed by atoms with Gasteiger partial charge in [0.25, 0.3) is 0 Å². The average molecular weight is 264 g/mol. The molecule has 1 aromatic rings. The van der Waals surface area contributed by atoms with Crippen LogP contribution in [0.1, 0.15) is 32.0 Å². The third kappa shape index (κ3) is 4.33. The third-order valence-electron chi connectivity index (χ3n) is 3.33. The number of rotatable bonds is 8. The van der Waals surface area contributed by atoms with E-state index in [1.165, 1.54) is 12.8 Å². The molecule has 0 bridgehead atoms. The van der Waals surface area contributed by atoms with Gasteiger partial charge in [0.2, 0.25) is 0 Å². The van der Waals surface area contributed by atoms with Gasteiger partial charge >= 0.3 is 0 Å². The summed E-state index contributed by atoms with van der Waals surface area (Å²) in [7, 11) is 2.18. The van der Waals surface area contributed by atoms with Crippen LogP contribution in [0.3, 0.4) is 0 Å². The Labute approximate surface area is 114 Å². The Morgan fingerprint density at radius 2 is 2.11 bits per heavy atom. The van der Waals surface area contributed by atoms with Crippen LogP contribution in [-0.2, 0) is 6.42 Å². The van der Waals surface area contributed by atoms with Gasteiger partial charge in [0.1, 0.15) is 17.5 Å². The van der Waals surface area contributed by atoms with Crippen LogP contribution in [-0.4, -0.2) is 41.0 Å². The molecule has 0 aliphatic heterocycles. The van der Waals surface area contributed by atoms with Crippen molar-refractivity contribution in [1.29, 1.82) is 0 Å². The molecule has 19 heavy (non-hydrogen) atoms. The van der Waals surface area contributed by atoms with Gasteiger partial charge in [0.15, 0.2) is 0 Å². The first kappa shape index (κ1) is 14.0. The monoisotopic (exact) mass is 264 g/mol. The van der Waals surface area contributed by atoms with E-state index in [2.05, 4.69) is 39.6 Å². The number of hydrogen-bond acceptors (Lipinski definition) is 6. The molecule has 6 heteroatoms. The number of aryl methyl sites for hydroxylation is 1. The highest BCUT2D eigenvalue weighted by molar-refractivity contribution is 5.46. The highest BCUT2D eigenvalue weighted by atomic mass is 15.3. The molecule has 0 spiro atoms. The minimum absolute atomic E-state index is 0.663. The van der Waals surface area contributed by atoms with Crippen LogP contribution in [0.2, 0.25) is 0 Å². The first-order valence-corrected chi connectivity index (χ1v) is 7.01. The predicted molar refractivity (Wildman–Crippen MR) is 78.0 cm³/mol. The Hall–Kier alpha value is -1.40. The van der Waals surface area contributed by atoms with Crippen molar-refractivity contribution in [3.05, 3.63) is 11.9 Å². The summed E-state index contributed by atoms with van der Waals surface area (Å²) in [6.45, 7) is 4.03. The Bertz CT molecular complexity index is 404. The van der Waals surface area contributed by atoms with Crippen LogP contribution in [0.25, 0.3) is 0 Å². The minimum Gasteiger partial charge on any atom is -0.369 e. The number of nitrogens with zero attached hydrogens (tertiary/aromatic N) is 3. The molecule has 6 nitrogen and oxygen atoms in total. The normalized spacial score (nSPS) is 14.7. The molecule has 1 aromatic heterocycles. The van der Waals surface area contributed by atoms with E-state index in [-0.39, 0.29) is 0 Å². The Morgan fingerprint density at radius 1 is 1.37 bits per heavy atom. The molecule has 1 aliphatic carbocycles. The zero-order valence-electron chi connectivity index (χ0n) is 11.8. The van der Waals surface area contributed by atoms with Crippen molar-refractivity contribution in [1.82, 2.24) is 14.9 Å². The van der Waals surface area contributed by atoms with Crippen molar-refractivity contribution >= 4 is 11.6 Å². The topological polar surface area (TPSA) is 79.1 Å². The quantitative estimate of drug-likeness (QED) is 0.484. The molecule has 2 rings (SSSR count). The summed E-state index contributed by atoms with van der Waals surface area (Å²) in [6, 6.07) is 2.64.